The van der Waals surface area contributed by atoms with Gasteiger partial charge in [0.1, 0.15) is 12.4 Å². The first-order valence-corrected chi connectivity index (χ1v) is 6.95. The second-order valence-corrected chi connectivity index (χ2v) is 5.44. The average molecular weight is 255 g/mol. The Morgan fingerprint density at radius 2 is 2.29 bits per heavy atom. The molecule has 0 aliphatic rings. The van der Waals surface area contributed by atoms with Crippen molar-refractivity contribution >= 4 is 20.9 Å². The molecule has 7 heteroatoms. The van der Waals surface area contributed by atoms with Gasteiger partial charge in [0, 0.05) is 6.54 Å². The Bertz CT molecular complexity index is 606. The predicted octanol–water partition coefficient (Wildman–Crippen LogP) is 0.491. The van der Waals surface area contributed by atoms with Crippen molar-refractivity contribution in [2.24, 2.45) is 0 Å². The van der Waals surface area contributed by atoms with Crippen LogP contribution in [0.3, 0.4) is 0 Å². The number of nitrogens with one attached hydrogen (secondary N) is 2. The Morgan fingerprint density at radius 3 is 3.06 bits per heavy atom. The van der Waals surface area contributed by atoms with Crippen LogP contribution in [0.5, 0.6) is 5.75 Å². The van der Waals surface area contributed by atoms with Crippen LogP contribution in [0.2, 0.25) is 0 Å². The van der Waals surface area contributed by atoms with E-state index in [1.807, 2.05) is 18.2 Å². The van der Waals surface area contributed by atoms with Crippen LogP contribution in [-0.2, 0) is 10.0 Å². The van der Waals surface area contributed by atoms with E-state index in [0.29, 0.717) is 5.75 Å². The summed E-state index contributed by atoms with van der Waals surface area (Å²) in [7, 11) is -3.16. The summed E-state index contributed by atoms with van der Waals surface area (Å²) in [6.45, 7) is 0.518. The number of hydrogen-bond donors (Lipinski definition) is 2. The summed E-state index contributed by atoms with van der Waals surface area (Å²) < 4.78 is 29.5. The van der Waals surface area contributed by atoms with E-state index in [2.05, 4.69) is 14.9 Å². The van der Waals surface area contributed by atoms with Crippen LogP contribution in [-0.4, -0.2) is 38.0 Å². The molecule has 2 N–H and O–H groups in total. The fourth-order valence-corrected chi connectivity index (χ4v) is 1.91. The number of H-pyrrole nitrogens is 1. The zero-order chi connectivity index (χ0) is 12.3. The zero-order valence-corrected chi connectivity index (χ0v) is 10.1. The highest BCUT2D eigenvalue weighted by atomic mass is 32.2. The average Bonchev–Trinajstić information content (AvgIpc) is 2.71. The second kappa shape index (κ2) is 4.72. The predicted molar refractivity (Wildman–Crippen MR) is 64.4 cm³/mol. The van der Waals surface area contributed by atoms with Gasteiger partial charge in [-0.05, 0) is 12.1 Å². The van der Waals surface area contributed by atoms with E-state index in [0.717, 1.165) is 17.2 Å². The van der Waals surface area contributed by atoms with E-state index in [9.17, 15) is 8.42 Å². The first-order chi connectivity index (χ1) is 8.06. The molecule has 0 amide bonds. The minimum absolute atomic E-state index is 0.243. The van der Waals surface area contributed by atoms with Crippen LogP contribution in [0.4, 0.5) is 0 Å². The Labute approximate surface area is 99.0 Å². The van der Waals surface area contributed by atoms with Crippen molar-refractivity contribution in [2.75, 3.05) is 19.4 Å². The molecule has 1 heterocycles. The van der Waals surface area contributed by atoms with Crippen LogP contribution >= 0.6 is 0 Å². The van der Waals surface area contributed by atoms with Gasteiger partial charge in [-0.1, -0.05) is 6.07 Å². The summed E-state index contributed by atoms with van der Waals surface area (Å²) >= 11 is 0. The molecule has 92 valence electrons. The molecule has 17 heavy (non-hydrogen) atoms. The molecule has 0 saturated heterocycles. The van der Waals surface area contributed by atoms with Gasteiger partial charge in [0.2, 0.25) is 10.0 Å². The molecule has 2 rings (SSSR count). The van der Waals surface area contributed by atoms with E-state index < -0.39 is 10.0 Å². The van der Waals surface area contributed by atoms with E-state index in [1.165, 1.54) is 0 Å². The first-order valence-electron chi connectivity index (χ1n) is 5.06. The van der Waals surface area contributed by atoms with Gasteiger partial charge >= 0.3 is 0 Å². The maximum Gasteiger partial charge on any atom is 0.208 e. The van der Waals surface area contributed by atoms with E-state index >= 15 is 0 Å². The Morgan fingerprint density at radius 1 is 1.47 bits per heavy atom. The highest BCUT2D eigenvalue weighted by Crippen LogP contribution is 2.22. The van der Waals surface area contributed by atoms with Crippen molar-refractivity contribution in [3.05, 3.63) is 24.4 Å². The molecule has 1 aromatic carbocycles. The normalized spacial score (nSPS) is 11.8. The van der Waals surface area contributed by atoms with E-state index in [1.54, 1.807) is 6.20 Å². The lowest BCUT2D eigenvalue weighted by Crippen LogP contribution is -2.26. The van der Waals surface area contributed by atoms with Crippen LogP contribution in [0, 0.1) is 0 Å². The number of aromatic nitrogens is 2. The standard InChI is InChI=1S/C10H13N3O3S/c1-17(14,15)12-5-6-16-10-4-2-3-9-8(10)7-11-13-9/h2-4,7,12H,5-6H2,1H3,(H,11,13). The maximum absolute atomic E-state index is 10.8. The molecule has 0 atom stereocenters. The monoisotopic (exact) mass is 255 g/mol. The summed E-state index contributed by atoms with van der Waals surface area (Å²) in [6.07, 6.45) is 2.79. The second-order valence-electron chi connectivity index (χ2n) is 3.60. The molecule has 1 aromatic heterocycles. The number of sulfonamides is 1. The molecule has 6 nitrogen and oxygen atoms in total. The minimum Gasteiger partial charge on any atom is -0.491 e. The van der Waals surface area contributed by atoms with Gasteiger partial charge in [-0.3, -0.25) is 5.10 Å². The van der Waals surface area contributed by atoms with Crippen LogP contribution in [0.15, 0.2) is 24.4 Å². The number of nitrogens with zero attached hydrogens (tertiary/aromatic N) is 1. The number of aromatic amines is 1. The molecule has 0 unspecified atom stereocenters. The third kappa shape index (κ3) is 3.18. The third-order valence-corrected chi connectivity index (χ3v) is 2.90. The molecule has 0 radical (unpaired) electrons. The largest absolute Gasteiger partial charge is 0.491 e. The zero-order valence-electron chi connectivity index (χ0n) is 9.30. The maximum atomic E-state index is 10.8. The lowest BCUT2D eigenvalue weighted by molar-refractivity contribution is 0.326. The lowest BCUT2D eigenvalue weighted by Gasteiger charge is -2.07. The number of hydrogen-bond acceptors (Lipinski definition) is 4. The summed E-state index contributed by atoms with van der Waals surface area (Å²) in [6, 6.07) is 5.56. The summed E-state index contributed by atoms with van der Waals surface area (Å²) in [4.78, 5) is 0. The fourth-order valence-electron chi connectivity index (χ4n) is 1.45. The molecular formula is C10H13N3O3S. The van der Waals surface area contributed by atoms with Crippen molar-refractivity contribution in [3.63, 3.8) is 0 Å². The Hall–Kier alpha value is -1.60. The summed E-state index contributed by atoms with van der Waals surface area (Å²) in [5, 5.41) is 7.63. The third-order valence-electron chi connectivity index (χ3n) is 2.17. The van der Waals surface area contributed by atoms with Gasteiger partial charge in [-0.15, -0.1) is 0 Å². The van der Waals surface area contributed by atoms with Crippen LogP contribution in [0.25, 0.3) is 10.9 Å². The van der Waals surface area contributed by atoms with Gasteiger partial charge in [-0.25, -0.2) is 13.1 Å². The van der Waals surface area contributed by atoms with Gasteiger partial charge in [0.05, 0.1) is 23.4 Å². The molecule has 0 aliphatic heterocycles. The van der Waals surface area contributed by atoms with Gasteiger partial charge < -0.3 is 4.74 Å². The number of fused-ring (bicyclic) bond motifs is 1. The van der Waals surface area contributed by atoms with E-state index in [-0.39, 0.29) is 13.2 Å². The van der Waals surface area contributed by atoms with Gasteiger partial charge in [0.15, 0.2) is 0 Å². The van der Waals surface area contributed by atoms with Crippen LogP contribution < -0.4 is 9.46 Å². The highest BCUT2D eigenvalue weighted by molar-refractivity contribution is 7.88. The first kappa shape index (κ1) is 11.9. The van der Waals surface area contributed by atoms with Crippen molar-refractivity contribution in [1.82, 2.24) is 14.9 Å². The highest BCUT2D eigenvalue weighted by Gasteiger charge is 2.04. The van der Waals surface area contributed by atoms with Gasteiger partial charge in [0.25, 0.3) is 0 Å². The summed E-state index contributed by atoms with van der Waals surface area (Å²) in [5.74, 6) is 0.687. The summed E-state index contributed by atoms with van der Waals surface area (Å²) in [5.41, 5.74) is 0.888. The number of ether oxygens (including phenoxy) is 1. The molecule has 0 spiro atoms. The van der Waals surface area contributed by atoms with Crippen molar-refractivity contribution in [3.8, 4) is 5.75 Å². The molecular weight excluding hydrogens is 242 g/mol. The molecule has 0 bridgehead atoms. The quantitative estimate of drug-likeness (QED) is 0.762. The van der Waals surface area contributed by atoms with Crippen molar-refractivity contribution < 1.29 is 13.2 Å². The van der Waals surface area contributed by atoms with Crippen molar-refractivity contribution in [1.29, 1.82) is 0 Å². The molecule has 0 saturated carbocycles. The Balaban J connectivity index is 1.97. The molecule has 2 aromatic rings. The van der Waals surface area contributed by atoms with Crippen LogP contribution in [0.1, 0.15) is 0 Å². The lowest BCUT2D eigenvalue weighted by atomic mass is 10.2. The van der Waals surface area contributed by atoms with Gasteiger partial charge in [-0.2, -0.15) is 5.10 Å². The molecule has 0 fully saturated rings. The fraction of sp³-hybridized carbons (Fsp3) is 0.300. The Kier molecular flexibility index (Phi) is 3.30. The number of benzene rings is 1. The molecule has 0 aliphatic carbocycles. The van der Waals surface area contributed by atoms with Crippen molar-refractivity contribution in [2.45, 2.75) is 0 Å². The topological polar surface area (TPSA) is 84.1 Å². The number of rotatable bonds is 5. The minimum atomic E-state index is -3.16. The van der Waals surface area contributed by atoms with E-state index in [4.69, 9.17) is 4.74 Å². The smallest absolute Gasteiger partial charge is 0.208 e. The SMILES string of the molecule is CS(=O)(=O)NCCOc1cccc2[nH]ncc12.